The Hall–Kier alpha value is -2.31. The van der Waals surface area contributed by atoms with Crippen molar-refractivity contribution in [2.24, 2.45) is 0 Å². The fourth-order valence-corrected chi connectivity index (χ4v) is 8.69. The van der Waals surface area contributed by atoms with Crippen LogP contribution >= 0.6 is 7.26 Å². The number of hydrogen-bond donors (Lipinski definition) is 0. The minimum absolute atomic E-state index is 0.101. The molecule has 0 amide bonds. The highest BCUT2D eigenvalue weighted by atomic mass is 31.2. The maximum Gasteiger partial charge on any atom is 0.235 e. The highest BCUT2D eigenvalue weighted by Gasteiger charge is 2.51. The summed E-state index contributed by atoms with van der Waals surface area (Å²) in [5.74, 6) is 0. The van der Waals surface area contributed by atoms with Crippen LogP contribution in [0.4, 0.5) is 0 Å². The van der Waals surface area contributed by atoms with Crippen LogP contribution in [0.25, 0.3) is 0 Å². The van der Waals surface area contributed by atoms with Crippen molar-refractivity contribution in [2.45, 2.75) is 18.9 Å². The molecule has 1 fully saturated rings. The summed E-state index contributed by atoms with van der Waals surface area (Å²) in [4.78, 5) is 12.5. The molecule has 0 bridgehead atoms. The molecule has 3 aromatic carbocycles. The largest absolute Gasteiger partial charge is 0.235 e. The van der Waals surface area contributed by atoms with Crippen LogP contribution in [-0.2, 0) is 0 Å². The number of nitrogens with zero attached hydrogens (tertiary/aromatic N) is 1. The van der Waals surface area contributed by atoms with E-state index in [4.69, 9.17) is 0 Å². The smallest absolute Gasteiger partial charge is 0.0620 e. The Kier molecular flexibility index (Phi) is 4.95. The SMILES string of the molecule is O=[N+]1CCCC1C[P+](c1ccccc1)(c1ccccc1)c1ccccc1. The van der Waals surface area contributed by atoms with Crippen molar-refractivity contribution in [3.05, 3.63) is 95.9 Å². The normalized spacial score (nSPS) is 17.4. The average molecular weight is 361 g/mol. The summed E-state index contributed by atoms with van der Waals surface area (Å²) in [5, 5.41) is 4.08. The molecule has 3 aromatic rings. The molecule has 1 aliphatic heterocycles. The van der Waals surface area contributed by atoms with Gasteiger partial charge in [0.1, 0.15) is 29.3 Å². The second kappa shape index (κ2) is 7.51. The van der Waals surface area contributed by atoms with E-state index in [2.05, 4.69) is 91.0 Å². The summed E-state index contributed by atoms with van der Waals surface area (Å²) in [6.45, 7) is 0.670. The topological polar surface area (TPSA) is 20.1 Å². The van der Waals surface area contributed by atoms with E-state index in [0.29, 0.717) is 6.54 Å². The molecule has 1 unspecified atom stereocenters. The van der Waals surface area contributed by atoms with Crippen molar-refractivity contribution >= 4 is 23.2 Å². The second-order valence-electron chi connectivity index (χ2n) is 6.94. The van der Waals surface area contributed by atoms with Gasteiger partial charge in [-0.25, -0.2) is 0 Å². The summed E-state index contributed by atoms with van der Waals surface area (Å²) >= 11 is 0. The molecule has 0 aromatic heterocycles. The number of hydrogen-bond acceptors (Lipinski definition) is 1. The van der Waals surface area contributed by atoms with E-state index in [1.165, 1.54) is 20.7 Å². The maximum atomic E-state index is 12.5. The molecule has 0 saturated carbocycles. The van der Waals surface area contributed by atoms with Crippen LogP contribution in [0.2, 0.25) is 0 Å². The Labute approximate surface area is 155 Å². The van der Waals surface area contributed by atoms with Crippen molar-refractivity contribution in [3.8, 4) is 0 Å². The van der Waals surface area contributed by atoms with Gasteiger partial charge < -0.3 is 0 Å². The van der Waals surface area contributed by atoms with Gasteiger partial charge in [-0.1, -0.05) is 54.6 Å². The fourth-order valence-electron chi connectivity index (χ4n) is 4.12. The van der Waals surface area contributed by atoms with Gasteiger partial charge in [0, 0.05) is 22.5 Å². The van der Waals surface area contributed by atoms with Crippen LogP contribution in [0.3, 0.4) is 0 Å². The van der Waals surface area contributed by atoms with Crippen LogP contribution in [0.15, 0.2) is 91.0 Å². The lowest BCUT2D eigenvalue weighted by atomic mass is 10.2. The molecular weight excluding hydrogens is 337 g/mol. The lowest BCUT2D eigenvalue weighted by molar-refractivity contribution is -0.559. The first-order valence-electron chi connectivity index (χ1n) is 9.29. The van der Waals surface area contributed by atoms with E-state index < -0.39 is 7.26 Å². The number of rotatable bonds is 5. The van der Waals surface area contributed by atoms with Crippen molar-refractivity contribution in [1.29, 1.82) is 0 Å². The van der Waals surface area contributed by atoms with Crippen LogP contribution in [-0.4, -0.2) is 23.5 Å². The summed E-state index contributed by atoms with van der Waals surface area (Å²) < 4.78 is 1.32. The van der Waals surface area contributed by atoms with Gasteiger partial charge in [0.05, 0.1) is 0 Å². The lowest BCUT2D eigenvalue weighted by Crippen LogP contribution is -2.38. The van der Waals surface area contributed by atoms with Gasteiger partial charge in [-0.05, 0) is 36.4 Å². The minimum Gasteiger partial charge on any atom is -0.0620 e. The Bertz CT molecular complexity index is 768. The quantitative estimate of drug-likeness (QED) is 0.498. The van der Waals surface area contributed by atoms with Crippen molar-refractivity contribution < 1.29 is 4.76 Å². The van der Waals surface area contributed by atoms with Crippen LogP contribution < -0.4 is 15.9 Å². The highest BCUT2D eigenvalue weighted by Crippen LogP contribution is 2.56. The third kappa shape index (κ3) is 3.10. The molecule has 0 radical (unpaired) electrons. The molecule has 26 heavy (non-hydrogen) atoms. The molecule has 2 nitrogen and oxygen atoms in total. The first-order chi connectivity index (χ1) is 12.8. The predicted octanol–water partition coefficient (Wildman–Crippen LogP) is 3.92. The van der Waals surface area contributed by atoms with Crippen molar-refractivity contribution in [1.82, 2.24) is 0 Å². The van der Waals surface area contributed by atoms with E-state index in [-0.39, 0.29) is 6.04 Å². The van der Waals surface area contributed by atoms with Gasteiger partial charge in [-0.15, -0.1) is 0 Å². The van der Waals surface area contributed by atoms with E-state index in [9.17, 15) is 4.91 Å². The van der Waals surface area contributed by atoms with Gasteiger partial charge in [0.15, 0.2) is 6.54 Å². The third-order valence-corrected chi connectivity index (χ3v) is 9.91. The number of nitroso groups, excluding NO2 is 1. The van der Waals surface area contributed by atoms with E-state index in [1.54, 1.807) is 0 Å². The predicted molar refractivity (Wildman–Crippen MR) is 112 cm³/mol. The average Bonchev–Trinajstić information content (AvgIpc) is 3.12. The van der Waals surface area contributed by atoms with Crippen LogP contribution in [0.5, 0.6) is 0 Å². The van der Waals surface area contributed by atoms with Gasteiger partial charge in [-0.3, -0.25) is 0 Å². The summed E-state index contributed by atoms with van der Waals surface area (Å²) in [5.41, 5.74) is 0. The third-order valence-electron chi connectivity index (χ3n) is 5.40. The molecule has 0 N–H and O–H groups in total. The minimum atomic E-state index is -1.88. The maximum absolute atomic E-state index is 12.5. The molecule has 1 atom stereocenters. The molecular formula is C23H24NOP+2. The summed E-state index contributed by atoms with van der Waals surface area (Å²) in [7, 11) is -1.88. The molecule has 0 aliphatic carbocycles. The first-order valence-corrected chi connectivity index (χ1v) is 11.3. The van der Waals surface area contributed by atoms with Gasteiger partial charge in [0.25, 0.3) is 0 Å². The Morgan fingerprint density at radius 3 is 1.50 bits per heavy atom. The molecule has 4 rings (SSSR count). The van der Waals surface area contributed by atoms with Gasteiger partial charge >= 0.3 is 0 Å². The summed E-state index contributed by atoms with van der Waals surface area (Å²) in [6, 6.07) is 32.6. The van der Waals surface area contributed by atoms with E-state index in [0.717, 1.165) is 19.0 Å². The Morgan fingerprint density at radius 1 is 0.731 bits per heavy atom. The van der Waals surface area contributed by atoms with E-state index in [1.807, 2.05) is 0 Å². The first kappa shape index (κ1) is 17.1. The second-order valence-corrected chi connectivity index (χ2v) is 10.5. The Balaban J connectivity index is 1.95. The van der Waals surface area contributed by atoms with Crippen LogP contribution in [0, 0.1) is 4.91 Å². The van der Waals surface area contributed by atoms with Crippen molar-refractivity contribution in [3.63, 3.8) is 0 Å². The standard InChI is InChI=1S/C23H24NOP/c25-24-18-10-11-20(24)19-26(21-12-4-1-5-13-21,22-14-6-2-7-15-22)23-16-8-3-9-17-23/h1-9,12-17,20H,10-11,18-19H2/q+2. The zero-order valence-electron chi connectivity index (χ0n) is 14.9. The number of benzene rings is 3. The highest BCUT2D eigenvalue weighted by molar-refractivity contribution is 7.95. The van der Waals surface area contributed by atoms with E-state index >= 15 is 0 Å². The zero-order valence-corrected chi connectivity index (χ0v) is 15.8. The molecule has 1 aliphatic rings. The lowest BCUT2D eigenvalue weighted by Gasteiger charge is -2.27. The zero-order chi connectivity index (χ0) is 17.8. The van der Waals surface area contributed by atoms with Gasteiger partial charge in [0.2, 0.25) is 6.04 Å². The monoisotopic (exact) mass is 361 g/mol. The Morgan fingerprint density at radius 2 is 1.15 bits per heavy atom. The van der Waals surface area contributed by atoms with Gasteiger partial charge in [-0.2, -0.15) is 0 Å². The summed E-state index contributed by atoms with van der Waals surface area (Å²) in [6.07, 6.45) is 2.92. The molecule has 0 spiro atoms. The fraction of sp³-hybridized carbons (Fsp3) is 0.217. The van der Waals surface area contributed by atoms with Crippen molar-refractivity contribution in [2.75, 3.05) is 12.7 Å². The molecule has 1 heterocycles. The molecule has 1 saturated heterocycles. The molecule has 3 heteroatoms. The molecule has 130 valence electrons. The van der Waals surface area contributed by atoms with Crippen LogP contribution in [0.1, 0.15) is 12.8 Å².